The number of alkyl halides is 2. The lowest BCUT2D eigenvalue weighted by Crippen LogP contribution is -2.36. The number of ether oxygens (including phenoxy) is 2. The van der Waals surface area contributed by atoms with Crippen molar-refractivity contribution in [1.82, 2.24) is 15.6 Å². The summed E-state index contributed by atoms with van der Waals surface area (Å²) < 4.78 is 34.9. The fourth-order valence-electron chi connectivity index (χ4n) is 2.53. The number of aliphatic imine (C=N–C) groups is 1. The number of aryl methyl sites for hydroxylation is 2. The van der Waals surface area contributed by atoms with E-state index in [1.165, 1.54) is 6.07 Å². The molecule has 0 atom stereocenters. The summed E-state index contributed by atoms with van der Waals surface area (Å²) >= 11 is 1.65. The maximum Gasteiger partial charge on any atom is 0.387 e. The van der Waals surface area contributed by atoms with Crippen molar-refractivity contribution >= 4 is 17.3 Å². The molecular formula is C19H26F2N4O2S. The van der Waals surface area contributed by atoms with E-state index in [4.69, 9.17) is 4.74 Å². The minimum absolute atomic E-state index is 0.0191. The van der Waals surface area contributed by atoms with Gasteiger partial charge in [-0.2, -0.15) is 8.78 Å². The first kappa shape index (κ1) is 21.9. The molecule has 1 aromatic heterocycles. The van der Waals surface area contributed by atoms with E-state index in [0.717, 1.165) is 27.7 Å². The molecular weight excluding hydrogens is 386 g/mol. The van der Waals surface area contributed by atoms with E-state index in [1.807, 2.05) is 20.8 Å². The average Bonchev–Trinajstić information content (AvgIpc) is 2.96. The maximum absolute atomic E-state index is 12.5. The summed E-state index contributed by atoms with van der Waals surface area (Å²) in [6.45, 7) is 6.92. The van der Waals surface area contributed by atoms with Crippen molar-refractivity contribution in [3.8, 4) is 11.5 Å². The summed E-state index contributed by atoms with van der Waals surface area (Å²) in [5, 5.41) is 7.52. The predicted octanol–water partition coefficient (Wildman–Crippen LogP) is 4.02. The molecule has 0 radical (unpaired) electrons. The van der Waals surface area contributed by atoms with Gasteiger partial charge in [-0.1, -0.05) is 6.07 Å². The van der Waals surface area contributed by atoms with Gasteiger partial charge < -0.3 is 20.1 Å². The van der Waals surface area contributed by atoms with Gasteiger partial charge in [0.15, 0.2) is 17.5 Å². The van der Waals surface area contributed by atoms with E-state index in [0.29, 0.717) is 25.7 Å². The van der Waals surface area contributed by atoms with Gasteiger partial charge >= 0.3 is 6.61 Å². The number of guanidine groups is 1. The Labute approximate surface area is 168 Å². The Morgan fingerprint density at radius 1 is 1.21 bits per heavy atom. The summed E-state index contributed by atoms with van der Waals surface area (Å²) in [5.41, 5.74) is 1.84. The largest absolute Gasteiger partial charge is 0.490 e. The van der Waals surface area contributed by atoms with E-state index >= 15 is 0 Å². The first-order chi connectivity index (χ1) is 13.4. The van der Waals surface area contributed by atoms with Crippen LogP contribution in [0.3, 0.4) is 0 Å². The highest BCUT2D eigenvalue weighted by molar-refractivity contribution is 7.11. The van der Waals surface area contributed by atoms with Crippen LogP contribution in [0.4, 0.5) is 8.78 Å². The molecule has 6 nitrogen and oxygen atoms in total. The standard InChI is InChI=1S/C19H26F2N4O2S/c1-5-22-19(24-11-17-12(3)25-13(4)28-17)23-10-14-7-8-15(27-18(20)21)16(9-14)26-6-2/h7-9,18H,5-6,10-11H2,1-4H3,(H2,22,23,24). The fraction of sp³-hybridized carbons (Fsp3) is 0.474. The monoisotopic (exact) mass is 412 g/mol. The topological polar surface area (TPSA) is 67.8 Å². The summed E-state index contributed by atoms with van der Waals surface area (Å²) in [6.07, 6.45) is 0. The molecule has 2 aromatic rings. The third kappa shape index (κ3) is 6.63. The zero-order valence-electron chi connectivity index (χ0n) is 16.5. The van der Waals surface area contributed by atoms with Crippen molar-refractivity contribution in [3.05, 3.63) is 39.3 Å². The van der Waals surface area contributed by atoms with Crippen LogP contribution in [0.15, 0.2) is 23.2 Å². The highest BCUT2D eigenvalue weighted by Gasteiger charge is 2.12. The number of hydrogen-bond acceptors (Lipinski definition) is 5. The number of halogens is 2. The van der Waals surface area contributed by atoms with Crippen molar-refractivity contribution < 1.29 is 18.3 Å². The van der Waals surface area contributed by atoms with E-state index < -0.39 is 6.61 Å². The molecule has 0 saturated carbocycles. The van der Waals surface area contributed by atoms with Gasteiger partial charge in [-0.25, -0.2) is 9.98 Å². The number of hydrogen-bond donors (Lipinski definition) is 2. The maximum atomic E-state index is 12.5. The quantitative estimate of drug-likeness (QED) is 0.481. The van der Waals surface area contributed by atoms with Crippen molar-refractivity contribution in [2.45, 2.75) is 47.4 Å². The summed E-state index contributed by atoms with van der Waals surface area (Å²) in [6, 6.07) is 4.85. The van der Waals surface area contributed by atoms with Crippen molar-refractivity contribution in [1.29, 1.82) is 0 Å². The number of thiazole rings is 1. The van der Waals surface area contributed by atoms with Crippen LogP contribution in [0.25, 0.3) is 0 Å². The van der Waals surface area contributed by atoms with Crippen molar-refractivity contribution in [2.24, 2.45) is 4.99 Å². The molecule has 154 valence electrons. The van der Waals surface area contributed by atoms with Gasteiger partial charge in [0.05, 0.1) is 30.4 Å². The Morgan fingerprint density at radius 3 is 2.61 bits per heavy atom. The Bertz CT molecular complexity index is 796. The van der Waals surface area contributed by atoms with Crippen LogP contribution >= 0.6 is 11.3 Å². The Hall–Kier alpha value is -2.42. The molecule has 2 rings (SSSR count). The average molecular weight is 413 g/mol. The molecule has 9 heteroatoms. The normalized spacial score (nSPS) is 11.6. The Kier molecular flexibility index (Phi) is 8.43. The highest BCUT2D eigenvalue weighted by atomic mass is 32.1. The molecule has 0 saturated heterocycles. The molecule has 0 spiro atoms. The SMILES string of the molecule is CCNC(=NCc1ccc(OC(F)F)c(OCC)c1)NCc1sc(C)nc1C. The van der Waals surface area contributed by atoms with E-state index in [9.17, 15) is 8.78 Å². The number of nitrogens with one attached hydrogen (secondary N) is 2. The van der Waals surface area contributed by atoms with E-state index in [-0.39, 0.29) is 11.5 Å². The molecule has 0 aliphatic carbocycles. The number of rotatable bonds is 9. The lowest BCUT2D eigenvalue weighted by atomic mass is 10.2. The van der Waals surface area contributed by atoms with Crippen LogP contribution in [0.5, 0.6) is 11.5 Å². The predicted molar refractivity (Wildman–Crippen MR) is 107 cm³/mol. The zero-order chi connectivity index (χ0) is 20.5. The minimum atomic E-state index is -2.90. The smallest absolute Gasteiger partial charge is 0.387 e. The molecule has 1 aromatic carbocycles. The molecule has 0 aliphatic heterocycles. The number of nitrogens with zero attached hydrogens (tertiary/aromatic N) is 2. The van der Waals surface area contributed by atoms with Gasteiger partial charge in [0.2, 0.25) is 0 Å². The van der Waals surface area contributed by atoms with Crippen molar-refractivity contribution in [3.63, 3.8) is 0 Å². The highest BCUT2D eigenvalue weighted by Crippen LogP contribution is 2.30. The second kappa shape index (κ2) is 10.8. The second-order valence-electron chi connectivity index (χ2n) is 5.88. The molecule has 28 heavy (non-hydrogen) atoms. The third-order valence-electron chi connectivity index (χ3n) is 3.70. The Morgan fingerprint density at radius 2 is 2.00 bits per heavy atom. The van der Waals surface area contributed by atoms with Crippen LogP contribution in [0, 0.1) is 13.8 Å². The molecule has 0 unspecified atom stereocenters. The third-order valence-corrected chi connectivity index (χ3v) is 4.78. The number of benzene rings is 1. The van der Waals surface area contributed by atoms with E-state index in [2.05, 4.69) is 25.3 Å². The van der Waals surface area contributed by atoms with Crippen LogP contribution in [-0.2, 0) is 13.1 Å². The van der Waals surface area contributed by atoms with Crippen LogP contribution in [0.2, 0.25) is 0 Å². The molecule has 0 bridgehead atoms. The van der Waals surface area contributed by atoms with E-state index in [1.54, 1.807) is 30.4 Å². The Balaban J connectivity index is 2.08. The molecule has 0 amide bonds. The number of aromatic nitrogens is 1. The molecule has 0 aliphatic rings. The first-order valence-electron chi connectivity index (χ1n) is 9.08. The minimum Gasteiger partial charge on any atom is -0.490 e. The van der Waals surface area contributed by atoms with Gasteiger partial charge in [-0.05, 0) is 45.4 Å². The lowest BCUT2D eigenvalue weighted by Gasteiger charge is -2.13. The van der Waals surface area contributed by atoms with Gasteiger partial charge in [-0.15, -0.1) is 11.3 Å². The van der Waals surface area contributed by atoms with Gasteiger partial charge in [-0.3, -0.25) is 0 Å². The summed E-state index contributed by atoms with van der Waals surface area (Å²) in [5.74, 6) is 0.966. The molecule has 2 N–H and O–H groups in total. The summed E-state index contributed by atoms with van der Waals surface area (Å²) in [7, 11) is 0. The summed E-state index contributed by atoms with van der Waals surface area (Å²) in [4.78, 5) is 10.1. The lowest BCUT2D eigenvalue weighted by molar-refractivity contribution is -0.0514. The van der Waals surface area contributed by atoms with Crippen molar-refractivity contribution in [2.75, 3.05) is 13.2 Å². The van der Waals surface area contributed by atoms with Gasteiger partial charge in [0, 0.05) is 11.4 Å². The van der Waals surface area contributed by atoms with Crippen LogP contribution in [0.1, 0.15) is 35.0 Å². The van der Waals surface area contributed by atoms with Crippen LogP contribution < -0.4 is 20.1 Å². The first-order valence-corrected chi connectivity index (χ1v) is 9.90. The zero-order valence-corrected chi connectivity index (χ0v) is 17.3. The molecule has 0 fully saturated rings. The fourth-order valence-corrected chi connectivity index (χ4v) is 3.40. The van der Waals surface area contributed by atoms with Gasteiger partial charge in [0.1, 0.15) is 0 Å². The second-order valence-corrected chi connectivity index (χ2v) is 7.17. The van der Waals surface area contributed by atoms with Crippen LogP contribution in [-0.4, -0.2) is 30.7 Å². The van der Waals surface area contributed by atoms with Gasteiger partial charge in [0.25, 0.3) is 0 Å². The molecule has 1 heterocycles.